The molecule has 2 heterocycles. The van der Waals surface area contributed by atoms with Gasteiger partial charge in [-0.3, -0.25) is 9.58 Å². The fourth-order valence-electron chi connectivity index (χ4n) is 3.85. The summed E-state index contributed by atoms with van der Waals surface area (Å²) in [5.74, 6) is 0. The van der Waals surface area contributed by atoms with Crippen molar-refractivity contribution in [3.05, 3.63) is 52.8 Å². The van der Waals surface area contributed by atoms with Gasteiger partial charge in [0.1, 0.15) is 0 Å². The van der Waals surface area contributed by atoms with E-state index in [4.69, 9.17) is 4.74 Å². The van der Waals surface area contributed by atoms with Crippen LogP contribution < -0.4 is 0 Å². The number of rotatable bonds is 7. The molecule has 2 aromatic rings. The van der Waals surface area contributed by atoms with Crippen LogP contribution in [0.4, 0.5) is 0 Å². The van der Waals surface area contributed by atoms with Crippen molar-refractivity contribution in [2.24, 2.45) is 7.05 Å². The summed E-state index contributed by atoms with van der Waals surface area (Å²) < 4.78 is 7.65. The SMILES string of the molecule is Cc1nn(C)c(C)c1[C@H]1CCCN1C[C@H](O)COCc1ccccc1. The lowest BCUT2D eigenvalue weighted by atomic mass is 10.0. The van der Waals surface area contributed by atoms with Crippen LogP contribution in [-0.2, 0) is 18.4 Å². The smallest absolute Gasteiger partial charge is 0.0900 e. The number of hydrogen-bond donors (Lipinski definition) is 1. The van der Waals surface area contributed by atoms with E-state index in [0.717, 1.165) is 30.6 Å². The Hall–Kier alpha value is -1.69. The van der Waals surface area contributed by atoms with Gasteiger partial charge in [0.05, 0.1) is 25.0 Å². The van der Waals surface area contributed by atoms with E-state index in [9.17, 15) is 5.11 Å². The molecule has 25 heavy (non-hydrogen) atoms. The number of ether oxygens (including phenoxy) is 1. The van der Waals surface area contributed by atoms with E-state index in [1.54, 1.807) is 0 Å². The molecule has 5 heteroatoms. The van der Waals surface area contributed by atoms with Gasteiger partial charge in [-0.25, -0.2) is 0 Å². The molecule has 1 aromatic heterocycles. The molecule has 0 aliphatic carbocycles. The number of likely N-dealkylation sites (tertiary alicyclic amines) is 1. The summed E-state index contributed by atoms with van der Waals surface area (Å²) in [7, 11) is 2.00. The van der Waals surface area contributed by atoms with Crippen molar-refractivity contribution >= 4 is 0 Å². The maximum atomic E-state index is 10.4. The molecule has 1 saturated heterocycles. The first kappa shape index (κ1) is 18.1. The minimum Gasteiger partial charge on any atom is -0.389 e. The minimum absolute atomic E-state index is 0.359. The van der Waals surface area contributed by atoms with E-state index in [0.29, 0.717) is 25.8 Å². The van der Waals surface area contributed by atoms with Gasteiger partial charge in [-0.15, -0.1) is 0 Å². The molecule has 1 aliphatic rings. The number of β-amino-alcohol motifs (C(OH)–C–C–N with tert-alkyl or cyclic N) is 1. The predicted molar refractivity (Wildman–Crippen MR) is 98.3 cm³/mol. The second kappa shape index (κ2) is 8.13. The Morgan fingerprint density at radius 1 is 1.28 bits per heavy atom. The fourth-order valence-corrected chi connectivity index (χ4v) is 3.85. The highest BCUT2D eigenvalue weighted by Crippen LogP contribution is 2.35. The topological polar surface area (TPSA) is 50.5 Å². The number of hydrogen-bond acceptors (Lipinski definition) is 4. The molecule has 0 unspecified atom stereocenters. The van der Waals surface area contributed by atoms with Crippen LogP contribution in [0.5, 0.6) is 0 Å². The third-order valence-electron chi connectivity index (χ3n) is 5.13. The molecule has 1 aromatic carbocycles. The van der Waals surface area contributed by atoms with Crippen molar-refractivity contribution in [3.63, 3.8) is 0 Å². The van der Waals surface area contributed by atoms with Crippen molar-refractivity contribution in [2.45, 2.75) is 45.4 Å². The van der Waals surface area contributed by atoms with Crippen LogP contribution in [0.3, 0.4) is 0 Å². The average molecular weight is 343 g/mol. The molecule has 5 nitrogen and oxygen atoms in total. The van der Waals surface area contributed by atoms with Crippen molar-refractivity contribution in [3.8, 4) is 0 Å². The molecular formula is C20H29N3O2. The van der Waals surface area contributed by atoms with Gasteiger partial charge in [-0.2, -0.15) is 5.10 Å². The Morgan fingerprint density at radius 2 is 2.04 bits per heavy atom. The van der Waals surface area contributed by atoms with Crippen molar-refractivity contribution in [2.75, 3.05) is 19.7 Å². The first-order valence-corrected chi connectivity index (χ1v) is 9.10. The van der Waals surface area contributed by atoms with Gasteiger partial charge in [0.15, 0.2) is 0 Å². The molecule has 2 atom stereocenters. The molecule has 1 fully saturated rings. The van der Waals surface area contributed by atoms with Gasteiger partial charge in [0.25, 0.3) is 0 Å². The zero-order valence-corrected chi connectivity index (χ0v) is 15.5. The molecule has 0 amide bonds. The van der Waals surface area contributed by atoms with Gasteiger partial charge in [0, 0.05) is 30.9 Å². The van der Waals surface area contributed by atoms with E-state index in [1.807, 2.05) is 42.1 Å². The largest absolute Gasteiger partial charge is 0.389 e. The standard InChI is InChI=1S/C20H29N3O2/c1-15-20(16(2)22(3)21-15)19-10-7-11-23(19)12-18(24)14-25-13-17-8-5-4-6-9-17/h4-6,8-9,18-19,24H,7,10-14H2,1-3H3/t18-,19+/m0/s1. The van der Waals surface area contributed by atoms with E-state index < -0.39 is 6.10 Å². The van der Waals surface area contributed by atoms with Gasteiger partial charge in [-0.1, -0.05) is 30.3 Å². The molecule has 0 saturated carbocycles. The lowest BCUT2D eigenvalue weighted by molar-refractivity contribution is 0.00764. The Balaban J connectivity index is 1.54. The normalized spacial score (nSPS) is 19.4. The third-order valence-corrected chi connectivity index (χ3v) is 5.13. The van der Waals surface area contributed by atoms with E-state index >= 15 is 0 Å². The second-order valence-corrected chi connectivity index (χ2v) is 7.02. The number of aliphatic hydroxyl groups excluding tert-OH is 1. The summed E-state index contributed by atoms with van der Waals surface area (Å²) in [6.07, 6.45) is 1.82. The van der Waals surface area contributed by atoms with Gasteiger partial charge in [0.2, 0.25) is 0 Å². The summed E-state index contributed by atoms with van der Waals surface area (Å²) in [5.41, 5.74) is 4.80. The molecule has 0 bridgehead atoms. The first-order valence-electron chi connectivity index (χ1n) is 9.10. The third kappa shape index (κ3) is 4.29. The van der Waals surface area contributed by atoms with E-state index in [-0.39, 0.29) is 0 Å². The zero-order valence-electron chi connectivity index (χ0n) is 15.5. The number of aliphatic hydroxyl groups is 1. The van der Waals surface area contributed by atoms with Crippen LogP contribution in [0.1, 0.15) is 41.4 Å². The van der Waals surface area contributed by atoms with Crippen LogP contribution in [-0.4, -0.2) is 45.6 Å². The number of aromatic nitrogens is 2. The summed E-state index contributed by atoms with van der Waals surface area (Å²) in [5, 5.41) is 15.0. The summed E-state index contributed by atoms with van der Waals surface area (Å²) in [6.45, 7) is 6.79. The molecule has 0 radical (unpaired) electrons. The highest BCUT2D eigenvalue weighted by Gasteiger charge is 2.31. The van der Waals surface area contributed by atoms with Crippen LogP contribution >= 0.6 is 0 Å². The first-order chi connectivity index (χ1) is 12.1. The highest BCUT2D eigenvalue weighted by atomic mass is 16.5. The Labute approximate surface area is 150 Å². The zero-order chi connectivity index (χ0) is 17.8. The van der Waals surface area contributed by atoms with Crippen molar-refractivity contribution < 1.29 is 9.84 Å². The molecule has 1 aliphatic heterocycles. The average Bonchev–Trinajstić information content (AvgIpc) is 3.13. The van der Waals surface area contributed by atoms with Gasteiger partial charge < -0.3 is 9.84 Å². The van der Waals surface area contributed by atoms with Crippen molar-refractivity contribution in [1.29, 1.82) is 0 Å². The molecule has 0 spiro atoms. The molecular weight excluding hydrogens is 314 g/mol. The summed E-state index contributed by atoms with van der Waals surface area (Å²) in [6, 6.07) is 10.4. The van der Waals surface area contributed by atoms with Crippen LogP contribution in [0.15, 0.2) is 30.3 Å². The van der Waals surface area contributed by atoms with E-state index in [2.05, 4.69) is 23.8 Å². The molecule has 136 valence electrons. The van der Waals surface area contributed by atoms with Crippen LogP contribution in [0.2, 0.25) is 0 Å². The maximum absolute atomic E-state index is 10.4. The quantitative estimate of drug-likeness (QED) is 0.840. The number of benzene rings is 1. The fraction of sp³-hybridized carbons (Fsp3) is 0.550. The second-order valence-electron chi connectivity index (χ2n) is 7.02. The van der Waals surface area contributed by atoms with Crippen LogP contribution in [0.25, 0.3) is 0 Å². The maximum Gasteiger partial charge on any atom is 0.0900 e. The lowest BCUT2D eigenvalue weighted by Crippen LogP contribution is -2.35. The number of aryl methyl sites for hydroxylation is 2. The highest BCUT2D eigenvalue weighted by molar-refractivity contribution is 5.29. The van der Waals surface area contributed by atoms with Gasteiger partial charge >= 0.3 is 0 Å². The number of nitrogens with zero attached hydrogens (tertiary/aromatic N) is 3. The lowest BCUT2D eigenvalue weighted by Gasteiger charge is -2.27. The monoisotopic (exact) mass is 343 g/mol. The Bertz CT molecular complexity index is 684. The Kier molecular flexibility index (Phi) is 5.89. The molecule has 1 N–H and O–H groups in total. The minimum atomic E-state index is -0.471. The molecule has 3 rings (SSSR count). The van der Waals surface area contributed by atoms with E-state index in [1.165, 1.54) is 11.3 Å². The predicted octanol–water partition coefficient (Wildman–Crippen LogP) is 2.75. The Morgan fingerprint density at radius 3 is 2.72 bits per heavy atom. The van der Waals surface area contributed by atoms with Crippen LogP contribution in [0, 0.1) is 13.8 Å². The summed E-state index contributed by atoms with van der Waals surface area (Å²) in [4.78, 5) is 2.38. The summed E-state index contributed by atoms with van der Waals surface area (Å²) >= 11 is 0. The van der Waals surface area contributed by atoms with Crippen molar-refractivity contribution in [1.82, 2.24) is 14.7 Å². The van der Waals surface area contributed by atoms with Gasteiger partial charge in [-0.05, 0) is 38.8 Å².